The molecule has 2 aliphatic rings. The number of rotatable bonds is 4. The lowest BCUT2D eigenvalue weighted by Crippen LogP contribution is -2.48. The Bertz CT molecular complexity index is 191. The summed E-state index contributed by atoms with van der Waals surface area (Å²) in [4.78, 5) is 10.9. The molecule has 2 heterocycles. The summed E-state index contributed by atoms with van der Waals surface area (Å²) in [5.74, 6) is 1.01. The van der Waals surface area contributed by atoms with Gasteiger partial charge in [-0.3, -0.25) is 4.79 Å². The first-order valence-corrected chi connectivity index (χ1v) is 5.05. The van der Waals surface area contributed by atoms with Gasteiger partial charge in [0.15, 0.2) is 0 Å². The number of hydrogen-bond donors (Lipinski definition) is 3. The van der Waals surface area contributed by atoms with Gasteiger partial charge < -0.3 is 16.0 Å². The summed E-state index contributed by atoms with van der Waals surface area (Å²) in [5.41, 5.74) is 0. The highest BCUT2D eigenvalue weighted by Crippen LogP contribution is 2.05. The van der Waals surface area contributed by atoms with E-state index in [4.69, 9.17) is 0 Å². The molecule has 0 spiro atoms. The standard InChI is InChI=1S/C9H17N3O/c13-9-2-1-8(12-9)6-11-5-7-3-10-4-7/h7-8,10-11H,1-6H2,(H,12,13)/t8-/m1/s1. The predicted octanol–water partition coefficient (Wildman–Crippen LogP) is -0.926. The van der Waals surface area contributed by atoms with Crippen LogP contribution < -0.4 is 16.0 Å². The van der Waals surface area contributed by atoms with Crippen molar-refractivity contribution in [2.45, 2.75) is 18.9 Å². The van der Waals surface area contributed by atoms with Gasteiger partial charge in [-0.1, -0.05) is 0 Å². The highest BCUT2D eigenvalue weighted by molar-refractivity contribution is 5.78. The molecule has 0 radical (unpaired) electrons. The molecule has 2 aliphatic heterocycles. The largest absolute Gasteiger partial charge is 0.352 e. The van der Waals surface area contributed by atoms with Crippen LogP contribution in [0.5, 0.6) is 0 Å². The van der Waals surface area contributed by atoms with Crippen molar-refractivity contribution in [2.24, 2.45) is 5.92 Å². The minimum absolute atomic E-state index is 0.206. The van der Waals surface area contributed by atoms with E-state index in [1.54, 1.807) is 0 Å². The third-order valence-corrected chi connectivity index (χ3v) is 2.77. The zero-order valence-corrected chi connectivity index (χ0v) is 7.81. The van der Waals surface area contributed by atoms with Crippen LogP contribution >= 0.6 is 0 Å². The Morgan fingerprint density at radius 3 is 2.77 bits per heavy atom. The fraction of sp³-hybridized carbons (Fsp3) is 0.889. The second-order valence-corrected chi connectivity index (χ2v) is 3.99. The molecule has 2 saturated heterocycles. The molecule has 0 aromatic heterocycles. The summed E-state index contributed by atoms with van der Waals surface area (Å²) in [7, 11) is 0. The van der Waals surface area contributed by atoms with E-state index in [1.165, 1.54) is 0 Å². The van der Waals surface area contributed by atoms with Crippen molar-refractivity contribution in [3.05, 3.63) is 0 Å². The Balaban J connectivity index is 1.54. The van der Waals surface area contributed by atoms with E-state index in [1.807, 2.05) is 0 Å². The summed E-state index contributed by atoms with van der Waals surface area (Å²) >= 11 is 0. The van der Waals surface area contributed by atoms with Crippen LogP contribution in [-0.4, -0.2) is 38.1 Å². The summed E-state index contributed by atoms with van der Waals surface area (Å²) in [6.45, 7) is 4.30. The number of amides is 1. The molecule has 0 saturated carbocycles. The second-order valence-electron chi connectivity index (χ2n) is 3.99. The van der Waals surface area contributed by atoms with Crippen LogP contribution in [0, 0.1) is 5.92 Å². The summed E-state index contributed by atoms with van der Waals surface area (Å²) in [5, 5.41) is 9.58. The zero-order valence-electron chi connectivity index (χ0n) is 7.81. The van der Waals surface area contributed by atoms with Crippen LogP contribution in [0.1, 0.15) is 12.8 Å². The van der Waals surface area contributed by atoms with Gasteiger partial charge in [-0.05, 0) is 12.3 Å². The Hall–Kier alpha value is -0.610. The summed E-state index contributed by atoms with van der Waals surface area (Å²) in [6.07, 6.45) is 1.70. The third-order valence-electron chi connectivity index (χ3n) is 2.77. The van der Waals surface area contributed by atoms with Crippen LogP contribution in [0.2, 0.25) is 0 Å². The maximum atomic E-state index is 10.9. The van der Waals surface area contributed by atoms with Gasteiger partial charge in [0, 0.05) is 38.6 Å². The smallest absolute Gasteiger partial charge is 0.220 e. The van der Waals surface area contributed by atoms with E-state index in [-0.39, 0.29) is 5.91 Å². The summed E-state index contributed by atoms with van der Waals surface area (Å²) in [6, 6.07) is 0.375. The van der Waals surface area contributed by atoms with Gasteiger partial charge >= 0.3 is 0 Å². The van der Waals surface area contributed by atoms with Gasteiger partial charge in [0.1, 0.15) is 0 Å². The normalized spacial score (nSPS) is 28.6. The van der Waals surface area contributed by atoms with E-state index >= 15 is 0 Å². The molecule has 0 aromatic carbocycles. The maximum Gasteiger partial charge on any atom is 0.220 e. The van der Waals surface area contributed by atoms with Crippen LogP contribution in [0.3, 0.4) is 0 Å². The number of carbonyl (C=O) groups excluding carboxylic acids is 1. The Kier molecular flexibility index (Phi) is 2.80. The van der Waals surface area contributed by atoms with Crippen molar-refractivity contribution in [3.8, 4) is 0 Å². The highest BCUT2D eigenvalue weighted by atomic mass is 16.1. The third kappa shape index (κ3) is 2.42. The molecule has 0 unspecified atom stereocenters. The van der Waals surface area contributed by atoms with Crippen LogP contribution in [0.25, 0.3) is 0 Å². The van der Waals surface area contributed by atoms with E-state index in [0.29, 0.717) is 12.5 Å². The van der Waals surface area contributed by atoms with Crippen LogP contribution in [0.4, 0.5) is 0 Å². The molecule has 2 fully saturated rings. The van der Waals surface area contributed by atoms with Gasteiger partial charge in [-0.2, -0.15) is 0 Å². The molecule has 4 nitrogen and oxygen atoms in total. The minimum atomic E-state index is 0.206. The SMILES string of the molecule is O=C1CC[C@H](CNCC2CNC2)N1. The Morgan fingerprint density at radius 2 is 2.23 bits per heavy atom. The van der Waals surface area contributed by atoms with Crippen molar-refractivity contribution in [1.82, 2.24) is 16.0 Å². The second kappa shape index (κ2) is 4.07. The number of nitrogens with one attached hydrogen (secondary N) is 3. The van der Waals surface area contributed by atoms with Gasteiger partial charge in [0.2, 0.25) is 5.91 Å². The van der Waals surface area contributed by atoms with Gasteiger partial charge in [-0.15, -0.1) is 0 Å². The minimum Gasteiger partial charge on any atom is -0.352 e. The molecular weight excluding hydrogens is 166 g/mol. The fourth-order valence-corrected chi connectivity index (χ4v) is 1.78. The first-order valence-electron chi connectivity index (χ1n) is 5.05. The van der Waals surface area contributed by atoms with Crippen molar-refractivity contribution in [3.63, 3.8) is 0 Å². The molecule has 0 aromatic rings. The van der Waals surface area contributed by atoms with Crippen molar-refractivity contribution >= 4 is 5.91 Å². The lowest BCUT2D eigenvalue weighted by atomic mass is 10.0. The molecule has 74 valence electrons. The quantitative estimate of drug-likeness (QED) is 0.528. The predicted molar refractivity (Wildman–Crippen MR) is 50.4 cm³/mol. The maximum absolute atomic E-state index is 10.9. The van der Waals surface area contributed by atoms with E-state index in [9.17, 15) is 4.79 Å². The lowest BCUT2D eigenvalue weighted by molar-refractivity contribution is -0.119. The molecule has 0 aliphatic carbocycles. The first-order chi connectivity index (χ1) is 6.34. The average molecular weight is 183 g/mol. The first kappa shape index (κ1) is 8.97. The van der Waals surface area contributed by atoms with Crippen LogP contribution in [-0.2, 0) is 4.79 Å². The molecule has 0 bridgehead atoms. The summed E-state index contributed by atoms with van der Waals surface area (Å²) < 4.78 is 0. The van der Waals surface area contributed by atoms with E-state index in [0.717, 1.165) is 38.5 Å². The van der Waals surface area contributed by atoms with Crippen molar-refractivity contribution in [1.29, 1.82) is 0 Å². The number of carbonyl (C=O) groups is 1. The van der Waals surface area contributed by atoms with E-state index in [2.05, 4.69) is 16.0 Å². The topological polar surface area (TPSA) is 53.2 Å². The molecule has 1 atom stereocenters. The van der Waals surface area contributed by atoms with Gasteiger partial charge in [-0.25, -0.2) is 0 Å². The Labute approximate surface area is 78.5 Å². The molecule has 3 N–H and O–H groups in total. The Morgan fingerprint density at radius 1 is 1.38 bits per heavy atom. The molecule has 2 rings (SSSR count). The van der Waals surface area contributed by atoms with Crippen molar-refractivity contribution < 1.29 is 4.79 Å². The van der Waals surface area contributed by atoms with Gasteiger partial charge in [0.05, 0.1) is 0 Å². The molecular formula is C9H17N3O. The molecule has 13 heavy (non-hydrogen) atoms. The molecule has 4 heteroatoms. The monoisotopic (exact) mass is 183 g/mol. The molecule has 1 amide bonds. The lowest BCUT2D eigenvalue weighted by Gasteiger charge is -2.27. The number of hydrogen-bond acceptors (Lipinski definition) is 3. The highest BCUT2D eigenvalue weighted by Gasteiger charge is 2.21. The fourth-order valence-electron chi connectivity index (χ4n) is 1.78. The van der Waals surface area contributed by atoms with Crippen LogP contribution in [0.15, 0.2) is 0 Å². The van der Waals surface area contributed by atoms with Crippen molar-refractivity contribution in [2.75, 3.05) is 26.2 Å². The average Bonchev–Trinajstić information content (AvgIpc) is 2.42. The zero-order chi connectivity index (χ0) is 9.10. The van der Waals surface area contributed by atoms with Gasteiger partial charge in [0.25, 0.3) is 0 Å². The van der Waals surface area contributed by atoms with E-state index < -0.39 is 0 Å².